The van der Waals surface area contributed by atoms with E-state index < -0.39 is 12.2 Å². The Hall–Kier alpha value is -2.76. The molecule has 0 saturated carbocycles. The van der Waals surface area contributed by atoms with Crippen molar-refractivity contribution in [2.45, 2.75) is 77.4 Å². The average molecular weight is 481 g/mol. The van der Waals surface area contributed by atoms with Crippen LogP contribution in [0, 0.1) is 0 Å². The van der Waals surface area contributed by atoms with E-state index in [2.05, 4.69) is 13.8 Å². The number of fused-ring (bicyclic) bond motifs is 1. The van der Waals surface area contributed by atoms with E-state index >= 15 is 0 Å². The van der Waals surface area contributed by atoms with E-state index in [4.69, 9.17) is 14.2 Å². The molecule has 2 atom stereocenters. The van der Waals surface area contributed by atoms with Crippen LogP contribution in [-0.2, 0) is 0 Å². The van der Waals surface area contributed by atoms with Gasteiger partial charge in [-0.25, -0.2) is 0 Å². The third-order valence-electron chi connectivity index (χ3n) is 6.02. The Labute approximate surface area is 209 Å². The number of benzene rings is 3. The van der Waals surface area contributed by atoms with Crippen LogP contribution in [-0.4, -0.2) is 35.6 Å². The second-order valence-electron chi connectivity index (χ2n) is 9.11. The van der Waals surface area contributed by atoms with E-state index in [0.29, 0.717) is 23.0 Å². The zero-order valence-corrected chi connectivity index (χ0v) is 21.1. The molecule has 0 spiro atoms. The first-order valence-electron chi connectivity index (χ1n) is 13.0. The van der Waals surface area contributed by atoms with Crippen LogP contribution in [0.5, 0.6) is 23.0 Å². The molecule has 0 fully saturated rings. The van der Waals surface area contributed by atoms with Crippen molar-refractivity contribution in [3.05, 3.63) is 60.7 Å². The summed E-state index contributed by atoms with van der Waals surface area (Å²) in [5.74, 6) is 2.62. The molecule has 0 aromatic heterocycles. The van der Waals surface area contributed by atoms with Gasteiger partial charge in [-0.2, -0.15) is 0 Å². The highest BCUT2D eigenvalue weighted by atomic mass is 16.5. The first-order valence-corrected chi connectivity index (χ1v) is 13.0. The Kier molecular flexibility index (Phi) is 11.2. The molecule has 0 saturated heterocycles. The molecule has 2 unspecified atom stereocenters. The van der Waals surface area contributed by atoms with E-state index in [1.165, 1.54) is 0 Å². The summed E-state index contributed by atoms with van der Waals surface area (Å²) < 4.78 is 18.2. The van der Waals surface area contributed by atoms with Crippen LogP contribution in [0.15, 0.2) is 60.7 Å². The van der Waals surface area contributed by atoms with Crippen molar-refractivity contribution in [3.8, 4) is 23.0 Å². The SMILES string of the molecule is CCCCCC(O)COc1ccc2c(Oc3ccccc3)c(OCC(O)CCCCC)ccc2c1. The summed E-state index contributed by atoms with van der Waals surface area (Å²) in [7, 11) is 0. The van der Waals surface area contributed by atoms with Crippen molar-refractivity contribution in [1.29, 1.82) is 0 Å². The van der Waals surface area contributed by atoms with Crippen LogP contribution in [0.2, 0.25) is 0 Å². The van der Waals surface area contributed by atoms with Crippen molar-refractivity contribution >= 4 is 10.8 Å². The summed E-state index contributed by atoms with van der Waals surface area (Å²) in [4.78, 5) is 0. The maximum Gasteiger partial charge on any atom is 0.177 e. The van der Waals surface area contributed by atoms with Gasteiger partial charge in [0.1, 0.15) is 24.7 Å². The Morgan fingerprint density at radius 3 is 2.00 bits per heavy atom. The first-order chi connectivity index (χ1) is 17.1. The molecule has 2 N–H and O–H groups in total. The summed E-state index contributed by atoms with van der Waals surface area (Å²) >= 11 is 0. The normalized spacial score (nSPS) is 12.9. The third kappa shape index (κ3) is 8.75. The lowest BCUT2D eigenvalue weighted by Crippen LogP contribution is -2.17. The van der Waals surface area contributed by atoms with Crippen LogP contribution >= 0.6 is 0 Å². The minimum atomic E-state index is -0.513. The van der Waals surface area contributed by atoms with Gasteiger partial charge < -0.3 is 24.4 Å². The summed E-state index contributed by atoms with van der Waals surface area (Å²) in [6.07, 6.45) is 6.98. The standard InChI is InChI=1S/C30H40O5/c1-3-5-8-12-24(31)21-33-27-17-18-28-23(20-27)16-19-29(34-22-25(32)13-9-6-4-2)30(28)35-26-14-10-7-11-15-26/h7,10-11,14-20,24-25,31-32H,3-6,8-9,12-13,21-22H2,1-2H3. The van der Waals surface area contributed by atoms with Crippen molar-refractivity contribution in [2.75, 3.05) is 13.2 Å². The van der Waals surface area contributed by atoms with Gasteiger partial charge in [-0.3, -0.25) is 0 Å². The van der Waals surface area contributed by atoms with Crippen LogP contribution in [0.3, 0.4) is 0 Å². The predicted octanol–water partition coefficient (Wildman–Crippen LogP) is 7.27. The van der Waals surface area contributed by atoms with Gasteiger partial charge in [0.2, 0.25) is 0 Å². The molecule has 0 radical (unpaired) electrons. The quantitative estimate of drug-likeness (QED) is 0.211. The van der Waals surface area contributed by atoms with Crippen LogP contribution in [0.4, 0.5) is 0 Å². The van der Waals surface area contributed by atoms with Gasteiger partial charge in [0, 0.05) is 5.39 Å². The van der Waals surface area contributed by atoms with Crippen LogP contribution < -0.4 is 14.2 Å². The number of ether oxygens (including phenoxy) is 3. The van der Waals surface area contributed by atoms with Gasteiger partial charge in [0.15, 0.2) is 11.5 Å². The van der Waals surface area contributed by atoms with E-state index in [0.717, 1.165) is 62.1 Å². The zero-order valence-electron chi connectivity index (χ0n) is 21.1. The summed E-state index contributed by atoms with van der Waals surface area (Å²) in [5.41, 5.74) is 0. The van der Waals surface area contributed by atoms with E-state index in [-0.39, 0.29) is 13.2 Å². The Morgan fingerprint density at radius 2 is 1.34 bits per heavy atom. The second kappa shape index (κ2) is 14.6. The maximum absolute atomic E-state index is 10.3. The van der Waals surface area contributed by atoms with Gasteiger partial charge in [0.25, 0.3) is 0 Å². The molecule has 190 valence electrons. The minimum absolute atomic E-state index is 0.220. The highest BCUT2D eigenvalue weighted by Gasteiger charge is 2.15. The van der Waals surface area contributed by atoms with Crippen molar-refractivity contribution in [1.82, 2.24) is 0 Å². The number of unbranched alkanes of at least 4 members (excludes halogenated alkanes) is 4. The second-order valence-corrected chi connectivity index (χ2v) is 9.11. The topological polar surface area (TPSA) is 68.2 Å². The maximum atomic E-state index is 10.3. The van der Waals surface area contributed by atoms with Crippen molar-refractivity contribution < 1.29 is 24.4 Å². The number of para-hydroxylation sites is 1. The fraction of sp³-hybridized carbons (Fsp3) is 0.467. The van der Waals surface area contributed by atoms with Crippen LogP contribution in [0.25, 0.3) is 10.8 Å². The number of aliphatic hydroxyl groups is 2. The zero-order chi connectivity index (χ0) is 24.9. The van der Waals surface area contributed by atoms with Gasteiger partial charge in [-0.05, 0) is 54.6 Å². The molecule has 0 aliphatic rings. The summed E-state index contributed by atoms with van der Waals surface area (Å²) in [6.45, 7) is 4.80. The van der Waals surface area contributed by atoms with Gasteiger partial charge in [-0.15, -0.1) is 0 Å². The predicted molar refractivity (Wildman–Crippen MR) is 142 cm³/mol. The molecule has 0 aliphatic heterocycles. The molecule has 0 amide bonds. The highest BCUT2D eigenvalue weighted by molar-refractivity contribution is 5.92. The lowest BCUT2D eigenvalue weighted by molar-refractivity contribution is 0.0964. The third-order valence-corrected chi connectivity index (χ3v) is 6.02. The molecule has 3 rings (SSSR count). The average Bonchev–Trinajstić information content (AvgIpc) is 2.88. The Bertz CT molecular complexity index is 1000. The van der Waals surface area contributed by atoms with Crippen molar-refractivity contribution in [2.24, 2.45) is 0 Å². The molecule has 0 heterocycles. The fourth-order valence-electron chi connectivity index (χ4n) is 3.98. The number of rotatable bonds is 16. The van der Waals surface area contributed by atoms with Gasteiger partial charge >= 0.3 is 0 Å². The van der Waals surface area contributed by atoms with Crippen LogP contribution in [0.1, 0.15) is 65.2 Å². The molecule has 0 bridgehead atoms. The monoisotopic (exact) mass is 480 g/mol. The molecular formula is C30H40O5. The van der Waals surface area contributed by atoms with Gasteiger partial charge in [0.05, 0.1) is 12.2 Å². The molecule has 3 aromatic carbocycles. The number of aliphatic hydroxyl groups excluding tert-OH is 2. The lowest BCUT2D eigenvalue weighted by Gasteiger charge is -2.18. The Morgan fingerprint density at radius 1 is 0.686 bits per heavy atom. The van der Waals surface area contributed by atoms with Crippen molar-refractivity contribution in [3.63, 3.8) is 0 Å². The number of hydrogen-bond donors (Lipinski definition) is 2. The lowest BCUT2D eigenvalue weighted by atomic mass is 10.1. The molecule has 35 heavy (non-hydrogen) atoms. The first kappa shape index (κ1) is 26.8. The fourth-order valence-corrected chi connectivity index (χ4v) is 3.98. The van der Waals surface area contributed by atoms with Gasteiger partial charge in [-0.1, -0.05) is 76.6 Å². The molecule has 5 heteroatoms. The summed E-state index contributed by atoms with van der Waals surface area (Å²) in [6, 6.07) is 19.2. The molecule has 0 aliphatic carbocycles. The smallest absolute Gasteiger partial charge is 0.177 e. The molecule has 5 nitrogen and oxygen atoms in total. The van der Waals surface area contributed by atoms with E-state index in [9.17, 15) is 10.2 Å². The molecule has 3 aromatic rings. The highest BCUT2D eigenvalue weighted by Crippen LogP contribution is 2.40. The number of hydrogen-bond acceptors (Lipinski definition) is 5. The summed E-state index contributed by atoms with van der Waals surface area (Å²) in [5, 5.41) is 22.4. The largest absolute Gasteiger partial charge is 0.491 e. The minimum Gasteiger partial charge on any atom is -0.491 e. The Balaban J connectivity index is 1.76. The van der Waals surface area contributed by atoms with E-state index in [1.54, 1.807) is 0 Å². The van der Waals surface area contributed by atoms with E-state index in [1.807, 2.05) is 60.7 Å². The molecular weight excluding hydrogens is 440 g/mol.